The Hall–Kier alpha value is -1.81. The molecule has 1 aliphatic carbocycles. The monoisotopic (exact) mass is 484 g/mol. The van der Waals surface area contributed by atoms with E-state index < -0.39 is 18.1 Å². The lowest BCUT2D eigenvalue weighted by Crippen LogP contribution is -2.54. The van der Waals surface area contributed by atoms with E-state index in [9.17, 15) is 19.2 Å². The molecule has 1 heterocycles. The summed E-state index contributed by atoms with van der Waals surface area (Å²) in [5.41, 5.74) is 0. The Labute approximate surface area is 201 Å². The zero-order valence-electron chi connectivity index (χ0n) is 20.4. The molecule has 0 aromatic heterocycles. The van der Waals surface area contributed by atoms with Crippen molar-refractivity contribution in [2.45, 2.75) is 70.5 Å². The minimum absolute atomic E-state index is 0.0936. The molecular weight excluding hydrogens is 444 g/mol. The second kappa shape index (κ2) is 13.8. The van der Waals surface area contributed by atoms with Crippen LogP contribution in [0.4, 0.5) is 0 Å². The molecule has 3 N–H and O–H groups in total. The van der Waals surface area contributed by atoms with Crippen LogP contribution in [0.5, 0.6) is 0 Å². The van der Waals surface area contributed by atoms with Crippen LogP contribution in [0.15, 0.2) is 0 Å². The van der Waals surface area contributed by atoms with Crippen LogP contribution >= 0.6 is 11.8 Å². The maximum atomic E-state index is 12.8. The fourth-order valence-electron chi connectivity index (χ4n) is 3.96. The number of nitrogens with zero attached hydrogens (tertiary/aromatic N) is 1. The predicted octanol–water partition coefficient (Wildman–Crippen LogP) is 0.919. The van der Waals surface area contributed by atoms with Crippen molar-refractivity contribution in [2.24, 2.45) is 11.8 Å². The zero-order valence-corrected chi connectivity index (χ0v) is 21.2. The zero-order chi connectivity index (χ0) is 24.4. The first-order chi connectivity index (χ1) is 15.8. The summed E-state index contributed by atoms with van der Waals surface area (Å²) in [5, 5.41) is 8.67. The van der Waals surface area contributed by atoms with Gasteiger partial charge in [-0.15, -0.1) is 0 Å². The molecule has 0 bridgehead atoms. The number of rotatable bonds is 15. The average molecular weight is 485 g/mol. The summed E-state index contributed by atoms with van der Waals surface area (Å²) in [6, 6.07) is -1.28. The van der Waals surface area contributed by atoms with E-state index in [2.05, 4.69) is 34.7 Å². The topological polar surface area (TPSA) is 117 Å². The molecule has 188 valence electrons. The third-order valence-electron chi connectivity index (χ3n) is 6.44. The lowest BCUT2D eigenvalue weighted by molar-refractivity contribution is -0.145. The Morgan fingerprint density at radius 1 is 1.24 bits per heavy atom. The van der Waals surface area contributed by atoms with Gasteiger partial charge in [-0.2, -0.15) is 11.8 Å². The van der Waals surface area contributed by atoms with Gasteiger partial charge in [0.1, 0.15) is 12.1 Å². The van der Waals surface area contributed by atoms with Gasteiger partial charge < -0.3 is 20.7 Å². The SMILES string of the molecule is CC[C@H](C)[C@@H](CN(CC(=O)N[C@@H](CCSC)C(=O)OC)CC1CC1)NC(=O)[C@@H]1CCC(=O)N1. The molecule has 1 saturated heterocycles. The quantitative estimate of drug-likeness (QED) is 0.296. The molecule has 2 aliphatic rings. The fraction of sp³-hybridized carbons (Fsp3) is 0.826. The van der Waals surface area contributed by atoms with E-state index in [4.69, 9.17) is 4.74 Å². The van der Waals surface area contributed by atoms with Gasteiger partial charge in [-0.25, -0.2) is 4.79 Å². The lowest BCUT2D eigenvalue weighted by Gasteiger charge is -2.32. The molecule has 2 fully saturated rings. The van der Waals surface area contributed by atoms with Gasteiger partial charge in [0.25, 0.3) is 0 Å². The first-order valence-corrected chi connectivity index (χ1v) is 13.3. The van der Waals surface area contributed by atoms with E-state index in [0.717, 1.165) is 31.6 Å². The molecule has 4 atom stereocenters. The van der Waals surface area contributed by atoms with Crippen molar-refractivity contribution in [1.29, 1.82) is 0 Å². The molecule has 2 rings (SSSR count). The molecule has 33 heavy (non-hydrogen) atoms. The number of ether oxygens (including phenoxy) is 1. The van der Waals surface area contributed by atoms with E-state index in [1.165, 1.54) is 7.11 Å². The first-order valence-electron chi connectivity index (χ1n) is 12.0. The minimum Gasteiger partial charge on any atom is -0.467 e. The maximum absolute atomic E-state index is 12.8. The Morgan fingerprint density at radius 2 is 1.97 bits per heavy atom. The summed E-state index contributed by atoms with van der Waals surface area (Å²) in [4.78, 5) is 51.2. The molecule has 9 nitrogen and oxygen atoms in total. The van der Waals surface area contributed by atoms with Crippen LogP contribution in [0.2, 0.25) is 0 Å². The summed E-state index contributed by atoms with van der Waals surface area (Å²) in [6.45, 7) is 5.64. The predicted molar refractivity (Wildman–Crippen MR) is 129 cm³/mol. The van der Waals surface area contributed by atoms with Gasteiger partial charge in [0.15, 0.2) is 0 Å². The molecule has 10 heteroatoms. The van der Waals surface area contributed by atoms with Crippen LogP contribution in [-0.4, -0.2) is 85.5 Å². The van der Waals surface area contributed by atoms with Crippen LogP contribution < -0.4 is 16.0 Å². The standard InChI is InChI=1S/C23H40N4O5S/c1-5-15(2)19(26-22(30)17-8-9-20(28)24-17)13-27(12-16-6-7-16)14-21(29)25-18(10-11-33-4)23(31)32-3/h15-19H,5-14H2,1-4H3,(H,24,28)(H,25,29)(H,26,30)/t15-,17-,18-,19+/m0/s1. The number of hydrogen-bond acceptors (Lipinski definition) is 7. The van der Waals surface area contributed by atoms with Gasteiger partial charge in [-0.3, -0.25) is 19.3 Å². The summed E-state index contributed by atoms with van der Waals surface area (Å²) < 4.78 is 4.85. The van der Waals surface area contributed by atoms with Crippen molar-refractivity contribution in [1.82, 2.24) is 20.9 Å². The molecule has 0 aromatic rings. The number of nitrogens with one attached hydrogen (secondary N) is 3. The highest BCUT2D eigenvalue weighted by molar-refractivity contribution is 7.98. The Kier molecular flexibility index (Phi) is 11.5. The van der Waals surface area contributed by atoms with Crippen molar-refractivity contribution in [3.8, 4) is 0 Å². The largest absolute Gasteiger partial charge is 0.467 e. The van der Waals surface area contributed by atoms with E-state index in [0.29, 0.717) is 31.7 Å². The van der Waals surface area contributed by atoms with Crippen LogP contribution in [0.3, 0.4) is 0 Å². The van der Waals surface area contributed by atoms with Gasteiger partial charge in [0.05, 0.1) is 13.7 Å². The molecule has 1 aliphatic heterocycles. The fourth-order valence-corrected chi connectivity index (χ4v) is 4.44. The molecule has 0 radical (unpaired) electrons. The van der Waals surface area contributed by atoms with Gasteiger partial charge in [0, 0.05) is 25.6 Å². The van der Waals surface area contributed by atoms with Gasteiger partial charge in [-0.05, 0) is 49.5 Å². The Bertz CT molecular complexity index is 688. The number of thioether (sulfide) groups is 1. The van der Waals surface area contributed by atoms with E-state index in [-0.39, 0.29) is 36.2 Å². The second-order valence-electron chi connectivity index (χ2n) is 9.22. The molecule has 3 amide bonds. The minimum atomic E-state index is -0.659. The van der Waals surface area contributed by atoms with E-state index >= 15 is 0 Å². The van der Waals surface area contributed by atoms with E-state index in [1.807, 2.05) is 6.26 Å². The second-order valence-corrected chi connectivity index (χ2v) is 10.2. The first kappa shape index (κ1) is 27.4. The van der Waals surface area contributed by atoms with E-state index in [1.54, 1.807) is 11.8 Å². The highest BCUT2D eigenvalue weighted by Gasteiger charge is 2.32. The Balaban J connectivity index is 2.01. The third-order valence-corrected chi connectivity index (χ3v) is 7.08. The molecular formula is C23H40N4O5S. The van der Waals surface area contributed by atoms with Crippen molar-refractivity contribution in [2.75, 3.05) is 38.8 Å². The molecule has 1 saturated carbocycles. The summed E-state index contributed by atoms with van der Waals surface area (Å²) in [7, 11) is 1.33. The number of amides is 3. The van der Waals surface area contributed by atoms with Gasteiger partial charge in [0.2, 0.25) is 17.7 Å². The summed E-state index contributed by atoms with van der Waals surface area (Å²) in [6.07, 6.45) is 6.52. The Morgan fingerprint density at radius 3 is 2.52 bits per heavy atom. The number of carbonyl (C=O) groups excluding carboxylic acids is 4. The van der Waals surface area contributed by atoms with Gasteiger partial charge in [-0.1, -0.05) is 20.3 Å². The lowest BCUT2D eigenvalue weighted by atomic mass is 9.97. The van der Waals surface area contributed by atoms with Crippen LogP contribution in [0, 0.1) is 11.8 Å². The summed E-state index contributed by atoms with van der Waals surface area (Å²) >= 11 is 1.61. The van der Waals surface area contributed by atoms with Crippen molar-refractivity contribution >= 4 is 35.5 Å². The van der Waals surface area contributed by atoms with Crippen molar-refractivity contribution < 1.29 is 23.9 Å². The number of hydrogen-bond donors (Lipinski definition) is 3. The number of esters is 1. The molecule has 0 aromatic carbocycles. The molecule has 0 unspecified atom stereocenters. The summed E-state index contributed by atoms with van der Waals surface area (Å²) in [5.74, 6) is 0.604. The highest BCUT2D eigenvalue weighted by atomic mass is 32.2. The van der Waals surface area contributed by atoms with Crippen LogP contribution in [-0.2, 0) is 23.9 Å². The number of carbonyl (C=O) groups is 4. The smallest absolute Gasteiger partial charge is 0.328 e. The molecule has 0 spiro atoms. The normalized spacial score (nSPS) is 20.6. The average Bonchev–Trinajstić information content (AvgIpc) is 3.50. The number of methoxy groups -OCH3 is 1. The van der Waals surface area contributed by atoms with Crippen LogP contribution in [0.1, 0.15) is 52.4 Å². The maximum Gasteiger partial charge on any atom is 0.328 e. The van der Waals surface area contributed by atoms with Gasteiger partial charge >= 0.3 is 5.97 Å². The van der Waals surface area contributed by atoms with Crippen molar-refractivity contribution in [3.05, 3.63) is 0 Å². The third kappa shape index (κ3) is 9.52. The van der Waals surface area contributed by atoms with Crippen LogP contribution in [0.25, 0.3) is 0 Å². The highest BCUT2D eigenvalue weighted by Crippen LogP contribution is 2.30. The van der Waals surface area contributed by atoms with Crippen molar-refractivity contribution in [3.63, 3.8) is 0 Å².